The van der Waals surface area contributed by atoms with Gasteiger partial charge < -0.3 is 10.6 Å². The molecule has 6 nitrogen and oxygen atoms in total. The number of sulfone groups is 1. The fraction of sp³-hybridized carbons (Fsp3) is 0.176. The van der Waals surface area contributed by atoms with Crippen LogP contribution < -0.4 is 10.6 Å². The first-order chi connectivity index (χ1) is 12.3. The lowest BCUT2D eigenvalue weighted by Gasteiger charge is -2.17. The number of rotatable bonds is 4. The number of carbonyl (C=O) groups excluding carboxylic acids is 2. The van der Waals surface area contributed by atoms with E-state index < -0.39 is 32.0 Å². The highest BCUT2D eigenvalue weighted by Crippen LogP contribution is 2.24. The topological polar surface area (TPSA) is 92.3 Å². The molecule has 0 saturated heterocycles. The Morgan fingerprint density at radius 3 is 2.62 bits per heavy atom. The van der Waals surface area contributed by atoms with Gasteiger partial charge in [-0.25, -0.2) is 8.42 Å². The predicted molar refractivity (Wildman–Crippen MR) is 90.1 cm³/mol. The number of amides is 2. The minimum atomic E-state index is -4.93. The van der Waals surface area contributed by atoms with Crippen molar-refractivity contribution < 1.29 is 26.8 Å². The van der Waals surface area contributed by atoms with E-state index in [1.165, 1.54) is 18.2 Å². The zero-order valence-electron chi connectivity index (χ0n) is 13.3. The van der Waals surface area contributed by atoms with Crippen molar-refractivity contribution in [3.63, 3.8) is 0 Å². The average molecular weight is 380 g/mol. The SMILES string of the molecule is O=C1NCCc2ccc(NC(=O)c3ccccc3S(=O)(=O)C(F)F)cc21. The van der Waals surface area contributed by atoms with Gasteiger partial charge in [0.1, 0.15) is 0 Å². The van der Waals surface area contributed by atoms with Gasteiger partial charge in [-0.1, -0.05) is 18.2 Å². The maximum absolute atomic E-state index is 12.8. The molecule has 0 unspecified atom stereocenters. The van der Waals surface area contributed by atoms with Crippen molar-refractivity contribution in [2.75, 3.05) is 11.9 Å². The van der Waals surface area contributed by atoms with Crippen molar-refractivity contribution in [2.45, 2.75) is 17.1 Å². The van der Waals surface area contributed by atoms with Crippen LogP contribution in [0.4, 0.5) is 14.5 Å². The zero-order valence-corrected chi connectivity index (χ0v) is 14.1. The lowest BCUT2D eigenvalue weighted by atomic mass is 10.00. The van der Waals surface area contributed by atoms with Crippen molar-refractivity contribution >= 4 is 27.3 Å². The number of nitrogens with one attached hydrogen (secondary N) is 2. The molecule has 3 rings (SSSR count). The number of anilines is 1. The van der Waals surface area contributed by atoms with E-state index in [-0.39, 0.29) is 11.6 Å². The predicted octanol–water partition coefficient (Wildman–Crippen LogP) is 2.22. The van der Waals surface area contributed by atoms with E-state index in [0.717, 1.165) is 17.7 Å². The maximum Gasteiger partial charge on any atom is 0.341 e. The summed E-state index contributed by atoms with van der Waals surface area (Å²) in [4.78, 5) is 23.6. The Morgan fingerprint density at radius 1 is 1.15 bits per heavy atom. The summed E-state index contributed by atoms with van der Waals surface area (Å²) in [5.74, 6) is -4.77. The molecule has 0 atom stereocenters. The number of benzene rings is 2. The fourth-order valence-corrected chi connectivity index (χ4v) is 3.61. The smallest absolute Gasteiger partial charge is 0.341 e. The molecule has 0 aliphatic carbocycles. The third-order valence-corrected chi connectivity index (χ3v) is 5.40. The summed E-state index contributed by atoms with van der Waals surface area (Å²) in [7, 11) is -4.93. The van der Waals surface area contributed by atoms with E-state index in [1.54, 1.807) is 12.1 Å². The molecule has 2 amide bonds. The van der Waals surface area contributed by atoms with Gasteiger partial charge in [-0.05, 0) is 36.2 Å². The van der Waals surface area contributed by atoms with Crippen LogP contribution in [0.25, 0.3) is 0 Å². The van der Waals surface area contributed by atoms with Gasteiger partial charge in [0.25, 0.3) is 11.8 Å². The summed E-state index contributed by atoms with van der Waals surface area (Å²) in [6.07, 6.45) is 0.658. The molecule has 1 aliphatic rings. The monoisotopic (exact) mass is 380 g/mol. The molecule has 2 N–H and O–H groups in total. The summed E-state index contributed by atoms with van der Waals surface area (Å²) in [6.45, 7) is 0.524. The van der Waals surface area contributed by atoms with Crippen LogP contribution in [0.15, 0.2) is 47.4 Å². The highest BCUT2D eigenvalue weighted by Gasteiger charge is 2.31. The standard InChI is InChI=1S/C17H14F2N2O4S/c18-17(19)26(24,25)14-4-2-1-3-12(14)16(23)21-11-6-5-10-7-8-20-15(22)13(10)9-11/h1-6,9,17H,7-8H2,(H,20,22)(H,21,23). The second-order valence-corrected chi connectivity index (χ2v) is 7.52. The summed E-state index contributed by atoms with van der Waals surface area (Å²) >= 11 is 0. The molecule has 0 aromatic heterocycles. The normalized spacial score (nSPS) is 13.9. The number of hydrogen-bond donors (Lipinski definition) is 2. The molecule has 2 aromatic rings. The van der Waals surface area contributed by atoms with E-state index in [2.05, 4.69) is 10.6 Å². The average Bonchev–Trinajstić information content (AvgIpc) is 2.62. The molecule has 0 fully saturated rings. The number of hydrogen-bond acceptors (Lipinski definition) is 4. The molecule has 1 heterocycles. The van der Waals surface area contributed by atoms with Gasteiger partial charge in [0.15, 0.2) is 0 Å². The first-order valence-electron chi connectivity index (χ1n) is 7.64. The van der Waals surface area contributed by atoms with E-state index in [0.29, 0.717) is 18.5 Å². The Bertz CT molecular complexity index is 990. The first kappa shape index (κ1) is 18.0. The van der Waals surface area contributed by atoms with Gasteiger partial charge in [0.05, 0.1) is 10.5 Å². The number of fused-ring (bicyclic) bond motifs is 1. The van der Waals surface area contributed by atoms with Crippen LogP contribution in [-0.4, -0.2) is 32.5 Å². The Kier molecular flexibility index (Phi) is 4.73. The highest BCUT2D eigenvalue weighted by molar-refractivity contribution is 7.91. The van der Waals surface area contributed by atoms with Crippen molar-refractivity contribution in [3.05, 3.63) is 59.2 Å². The Balaban J connectivity index is 1.93. The van der Waals surface area contributed by atoms with Crippen LogP contribution in [0.3, 0.4) is 0 Å². The summed E-state index contributed by atoms with van der Waals surface area (Å²) in [6, 6.07) is 9.46. The van der Waals surface area contributed by atoms with E-state index in [1.807, 2.05) is 0 Å². The molecule has 26 heavy (non-hydrogen) atoms. The minimum Gasteiger partial charge on any atom is -0.352 e. The van der Waals surface area contributed by atoms with Gasteiger partial charge in [-0.15, -0.1) is 0 Å². The van der Waals surface area contributed by atoms with E-state index >= 15 is 0 Å². The molecular formula is C17H14F2N2O4S. The van der Waals surface area contributed by atoms with Gasteiger partial charge in [-0.3, -0.25) is 9.59 Å². The van der Waals surface area contributed by atoms with Gasteiger partial charge in [0.2, 0.25) is 9.84 Å². The van der Waals surface area contributed by atoms with Crippen LogP contribution in [-0.2, 0) is 16.3 Å². The molecule has 136 valence electrons. The van der Waals surface area contributed by atoms with Gasteiger partial charge in [0, 0.05) is 17.8 Å². The molecule has 0 saturated carbocycles. The van der Waals surface area contributed by atoms with Crippen molar-refractivity contribution in [3.8, 4) is 0 Å². The number of carbonyl (C=O) groups is 2. The maximum atomic E-state index is 12.8. The number of alkyl halides is 2. The largest absolute Gasteiger partial charge is 0.352 e. The summed E-state index contributed by atoms with van der Waals surface area (Å²) < 4.78 is 49.2. The third-order valence-electron chi connectivity index (χ3n) is 3.97. The lowest BCUT2D eigenvalue weighted by Crippen LogP contribution is -2.31. The van der Waals surface area contributed by atoms with E-state index in [4.69, 9.17) is 0 Å². The van der Waals surface area contributed by atoms with Gasteiger partial charge in [-0.2, -0.15) is 8.78 Å². The Hall–Kier alpha value is -2.81. The summed E-state index contributed by atoms with van der Waals surface area (Å²) in [5, 5.41) is 5.13. The molecule has 1 aliphatic heterocycles. The molecule has 0 spiro atoms. The Morgan fingerprint density at radius 2 is 1.88 bits per heavy atom. The fourth-order valence-electron chi connectivity index (χ4n) is 2.69. The van der Waals surface area contributed by atoms with Crippen molar-refractivity contribution in [1.29, 1.82) is 0 Å². The quantitative estimate of drug-likeness (QED) is 0.851. The molecule has 9 heteroatoms. The second-order valence-electron chi connectivity index (χ2n) is 5.63. The van der Waals surface area contributed by atoms with Crippen LogP contribution in [0.5, 0.6) is 0 Å². The summed E-state index contributed by atoms with van der Waals surface area (Å²) in [5.41, 5.74) is 1.10. The van der Waals surface area contributed by atoms with Gasteiger partial charge >= 0.3 is 5.76 Å². The van der Waals surface area contributed by atoms with Crippen LogP contribution in [0.1, 0.15) is 26.3 Å². The van der Waals surface area contributed by atoms with E-state index in [9.17, 15) is 26.8 Å². The third kappa shape index (κ3) is 3.30. The van der Waals surface area contributed by atoms with Crippen molar-refractivity contribution in [2.24, 2.45) is 0 Å². The van der Waals surface area contributed by atoms with Crippen LogP contribution in [0.2, 0.25) is 0 Å². The first-order valence-corrected chi connectivity index (χ1v) is 9.19. The second kappa shape index (κ2) is 6.83. The van der Waals surface area contributed by atoms with Crippen LogP contribution in [0, 0.1) is 0 Å². The molecule has 2 aromatic carbocycles. The highest BCUT2D eigenvalue weighted by atomic mass is 32.2. The molecule has 0 bridgehead atoms. The van der Waals surface area contributed by atoms with Crippen LogP contribution >= 0.6 is 0 Å². The molecule has 0 radical (unpaired) electrons. The molecular weight excluding hydrogens is 366 g/mol. The zero-order chi connectivity index (χ0) is 18.9. The number of halogens is 2. The lowest BCUT2D eigenvalue weighted by molar-refractivity contribution is 0.0944. The minimum absolute atomic E-state index is 0.259. The van der Waals surface area contributed by atoms with Crippen molar-refractivity contribution in [1.82, 2.24) is 5.32 Å². The Labute approximate surface area is 148 Å².